The molecule has 0 aliphatic carbocycles. The van der Waals surface area contributed by atoms with E-state index in [1.807, 2.05) is 85.7 Å². The number of nitrogens with one attached hydrogen (secondary N) is 4. The van der Waals surface area contributed by atoms with Crippen LogP contribution in [0, 0.1) is 23.7 Å². The van der Waals surface area contributed by atoms with Gasteiger partial charge in [-0.05, 0) is 42.1 Å². The zero-order chi connectivity index (χ0) is 31.7. The summed E-state index contributed by atoms with van der Waals surface area (Å²) < 4.78 is 0. The molecule has 1 fully saturated rings. The molecule has 0 bridgehead atoms. The van der Waals surface area contributed by atoms with Crippen molar-refractivity contribution in [2.24, 2.45) is 23.7 Å². The van der Waals surface area contributed by atoms with E-state index in [0.29, 0.717) is 12.8 Å². The van der Waals surface area contributed by atoms with E-state index in [4.69, 9.17) is 0 Å². The normalized spacial score (nSPS) is 25.2. The summed E-state index contributed by atoms with van der Waals surface area (Å²) in [7, 11) is 1.55. The summed E-state index contributed by atoms with van der Waals surface area (Å²) >= 11 is 0. The molecule has 1 aliphatic rings. The van der Waals surface area contributed by atoms with Crippen molar-refractivity contribution < 1.29 is 24.0 Å². The first-order valence-electron chi connectivity index (χ1n) is 15.1. The van der Waals surface area contributed by atoms with Crippen molar-refractivity contribution in [1.29, 1.82) is 0 Å². The second-order valence-corrected chi connectivity index (χ2v) is 13.0. The minimum absolute atomic E-state index is 0.0592. The molecule has 10 heteroatoms. The van der Waals surface area contributed by atoms with Crippen molar-refractivity contribution in [1.82, 2.24) is 26.2 Å². The highest BCUT2D eigenvalue weighted by Gasteiger charge is 2.38. The van der Waals surface area contributed by atoms with Crippen molar-refractivity contribution in [3.05, 3.63) is 35.9 Å². The molecule has 0 spiro atoms. The Morgan fingerprint density at radius 1 is 0.619 bits per heavy atom. The van der Waals surface area contributed by atoms with Crippen molar-refractivity contribution >= 4 is 29.5 Å². The van der Waals surface area contributed by atoms with Gasteiger partial charge in [0.2, 0.25) is 29.5 Å². The van der Waals surface area contributed by atoms with Gasteiger partial charge in [-0.2, -0.15) is 0 Å². The molecule has 5 amide bonds. The Labute approximate surface area is 251 Å². The van der Waals surface area contributed by atoms with Crippen LogP contribution in [0.1, 0.15) is 73.8 Å². The van der Waals surface area contributed by atoms with Crippen LogP contribution in [0.2, 0.25) is 0 Å². The van der Waals surface area contributed by atoms with E-state index in [9.17, 15) is 24.0 Å². The lowest BCUT2D eigenvalue weighted by Crippen LogP contribution is -2.59. The van der Waals surface area contributed by atoms with Gasteiger partial charge in [0.1, 0.15) is 30.2 Å². The average molecular weight is 586 g/mol. The van der Waals surface area contributed by atoms with E-state index >= 15 is 0 Å². The summed E-state index contributed by atoms with van der Waals surface area (Å²) in [5, 5.41) is 11.4. The minimum atomic E-state index is -0.998. The number of amides is 5. The van der Waals surface area contributed by atoms with Gasteiger partial charge in [-0.15, -0.1) is 0 Å². The van der Waals surface area contributed by atoms with Crippen molar-refractivity contribution in [2.75, 3.05) is 7.05 Å². The topological polar surface area (TPSA) is 137 Å². The fourth-order valence-electron chi connectivity index (χ4n) is 5.34. The van der Waals surface area contributed by atoms with Crippen molar-refractivity contribution in [2.45, 2.75) is 105 Å². The second-order valence-electron chi connectivity index (χ2n) is 13.0. The molecule has 0 unspecified atom stereocenters. The molecule has 1 aliphatic heterocycles. The standard InChI is InChI=1S/C32H51N5O5/c1-18(2)15-23-28(38)33-24(17-22-13-11-10-12-14-22)29(39)36-26(20(5)6)30(40)35-25(16-19(3)4)32(42)37(9)27(21(7)8)31(41)34-23/h10-14,18-21,23-27H,15-17H2,1-9H3,(H,33,38)(H,34,41)(H,35,40)(H,36,39)/t23-,24-,25-,26-,27+/m0/s1. The van der Waals surface area contributed by atoms with E-state index < -0.39 is 59.7 Å². The molecular weight excluding hydrogens is 534 g/mol. The van der Waals surface area contributed by atoms with Gasteiger partial charge in [0.05, 0.1) is 0 Å². The lowest BCUT2D eigenvalue weighted by atomic mass is 9.96. The Kier molecular flexibility index (Phi) is 13.0. The lowest BCUT2D eigenvalue weighted by molar-refractivity contribution is -0.144. The fraction of sp³-hybridized carbons (Fsp3) is 0.656. The predicted octanol–water partition coefficient (Wildman–Crippen LogP) is 2.41. The van der Waals surface area contributed by atoms with E-state index in [1.165, 1.54) is 4.90 Å². The maximum atomic E-state index is 13.8. The van der Waals surface area contributed by atoms with Gasteiger partial charge in [-0.25, -0.2) is 0 Å². The minimum Gasteiger partial charge on any atom is -0.342 e. The van der Waals surface area contributed by atoms with Crippen LogP contribution in [0.25, 0.3) is 0 Å². The predicted molar refractivity (Wildman–Crippen MR) is 163 cm³/mol. The first kappa shape index (κ1) is 34.8. The summed E-state index contributed by atoms with van der Waals surface area (Å²) in [6, 6.07) is 4.64. The number of carbonyl (C=O) groups is 5. The first-order chi connectivity index (χ1) is 19.6. The molecular formula is C32H51N5O5. The molecule has 1 aromatic rings. The van der Waals surface area contributed by atoms with Crippen molar-refractivity contribution in [3.8, 4) is 0 Å². The molecule has 0 radical (unpaired) electrons. The molecule has 2 rings (SSSR count). The number of hydrogen-bond acceptors (Lipinski definition) is 5. The lowest BCUT2D eigenvalue weighted by Gasteiger charge is -2.35. The van der Waals surface area contributed by atoms with Crippen LogP contribution in [0.5, 0.6) is 0 Å². The second kappa shape index (κ2) is 15.7. The number of nitrogens with zero attached hydrogens (tertiary/aromatic N) is 1. The molecule has 5 atom stereocenters. The van der Waals surface area contributed by atoms with Crippen LogP contribution >= 0.6 is 0 Å². The molecule has 1 saturated heterocycles. The maximum absolute atomic E-state index is 13.8. The fourth-order valence-corrected chi connectivity index (χ4v) is 5.34. The van der Waals surface area contributed by atoms with Gasteiger partial charge in [0.25, 0.3) is 0 Å². The van der Waals surface area contributed by atoms with Crippen LogP contribution in [-0.4, -0.2) is 71.7 Å². The summed E-state index contributed by atoms with van der Waals surface area (Å²) in [5.41, 5.74) is 0.829. The smallest absolute Gasteiger partial charge is 0.245 e. The van der Waals surface area contributed by atoms with Crippen LogP contribution in [0.4, 0.5) is 0 Å². The Morgan fingerprint density at radius 2 is 1.12 bits per heavy atom. The maximum Gasteiger partial charge on any atom is 0.245 e. The molecule has 10 nitrogen and oxygen atoms in total. The zero-order valence-electron chi connectivity index (χ0n) is 26.7. The van der Waals surface area contributed by atoms with E-state index in [-0.39, 0.29) is 30.1 Å². The van der Waals surface area contributed by atoms with Gasteiger partial charge in [-0.1, -0.05) is 85.7 Å². The van der Waals surface area contributed by atoms with Crippen LogP contribution < -0.4 is 21.3 Å². The number of hydrogen-bond donors (Lipinski definition) is 4. The summed E-state index contributed by atoms with van der Waals surface area (Å²) in [6.07, 6.45) is 0.885. The third-order valence-corrected chi connectivity index (χ3v) is 7.49. The zero-order valence-corrected chi connectivity index (χ0v) is 26.7. The highest BCUT2D eigenvalue weighted by Crippen LogP contribution is 2.17. The van der Waals surface area contributed by atoms with E-state index in [2.05, 4.69) is 21.3 Å². The summed E-state index contributed by atoms with van der Waals surface area (Å²) in [4.78, 5) is 69.9. The summed E-state index contributed by atoms with van der Waals surface area (Å²) in [5.74, 6) is -2.82. The molecule has 1 aromatic carbocycles. The Bertz CT molecular complexity index is 1090. The number of benzene rings is 1. The third kappa shape index (κ3) is 9.84. The van der Waals surface area contributed by atoms with Crippen LogP contribution in [0.3, 0.4) is 0 Å². The summed E-state index contributed by atoms with van der Waals surface area (Å²) in [6.45, 7) is 15.1. The highest BCUT2D eigenvalue weighted by molar-refractivity contribution is 5.98. The van der Waals surface area contributed by atoms with Gasteiger partial charge in [-0.3, -0.25) is 24.0 Å². The van der Waals surface area contributed by atoms with Gasteiger partial charge >= 0.3 is 0 Å². The monoisotopic (exact) mass is 585 g/mol. The molecule has 1 heterocycles. The number of carbonyl (C=O) groups excluding carboxylic acids is 5. The Morgan fingerprint density at radius 3 is 1.64 bits per heavy atom. The number of rotatable bonds is 8. The Hall–Kier alpha value is -3.43. The third-order valence-electron chi connectivity index (χ3n) is 7.49. The molecule has 0 aromatic heterocycles. The molecule has 0 saturated carbocycles. The quantitative estimate of drug-likeness (QED) is 0.372. The Balaban J connectivity index is 2.63. The molecule has 4 N–H and O–H groups in total. The molecule has 42 heavy (non-hydrogen) atoms. The van der Waals surface area contributed by atoms with E-state index in [0.717, 1.165) is 5.56 Å². The first-order valence-corrected chi connectivity index (χ1v) is 15.1. The van der Waals surface area contributed by atoms with E-state index in [1.54, 1.807) is 7.05 Å². The SMILES string of the molecule is CC(C)C[C@@H]1NC(=O)[C@@H](C(C)C)N(C)C(=O)[C@H](CC(C)C)NC(=O)[C@H](C(C)C)NC(=O)[C@H](Cc2ccccc2)NC1=O. The highest BCUT2D eigenvalue weighted by atomic mass is 16.2. The van der Waals surface area contributed by atoms with Crippen LogP contribution in [0.15, 0.2) is 30.3 Å². The largest absolute Gasteiger partial charge is 0.342 e. The van der Waals surface area contributed by atoms with Gasteiger partial charge in [0.15, 0.2) is 0 Å². The van der Waals surface area contributed by atoms with Crippen LogP contribution in [-0.2, 0) is 30.4 Å². The van der Waals surface area contributed by atoms with Crippen molar-refractivity contribution in [3.63, 3.8) is 0 Å². The number of likely N-dealkylation sites (N-methyl/N-ethyl adjacent to an activating group) is 1. The molecule has 234 valence electrons. The van der Waals surface area contributed by atoms with Gasteiger partial charge in [0, 0.05) is 13.5 Å². The van der Waals surface area contributed by atoms with Gasteiger partial charge < -0.3 is 26.2 Å². The average Bonchev–Trinajstić information content (AvgIpc) is 2.89.